The zero-order valence-electron chi connectivity index (χ0n) is 11.0. The molecule has 1 aliphatic rings. The molecule has 1 N–H and O–H groups in total. The number of carbonyl (C=O) groups excluding carboxylic acids is 1. The zero-order chi connectivity index (χ0) is 13.5. The molecule has 1 aliphatic heterocycles. The van der Waals surface area contributed by atoms with Gasteiger partial charge >= 0.3 is 0 Å². The van der Waals surface area contributed by atoms with Crippen molar-refractivity contribution in [1.82, 2.24) is 5.32 Å². The largest absolute Gasteiger partial charge is 0.378 e. The minimum absolute atomic E-state index is 0.00480. The van der Waals surface area contributed by atoms with Crippen LogP contribution in [-0.4, -0.2) is 30.4 Å². The SMILES string of the molecule is O=C(NCCC1CCCO1)C(S)Cc1ccccc1. The van der Waals surface area contributed by atoms with E-state index < -0.39 is 0 Å². The Hall–Kier alpha value is -1.00. The summed E-state index contributed by atoms with van der Waals surface area (Å²) in [5, 5.41) is 2.65. The first-order chi connectivity index (χ1) is 9.25. The Kier molecular flexibility index (Phi) is 5.73. The molecule has 1 aromatic rings. The Labute approximate surface area is 120 Å². The van der Waals surface area contributed by atoms with Crippen molar-refractivity contribution in [2.45, 2.75) is 37.0 Å². The standard InChI is InChI=1S/C15H21NO2S/c17-15(16-9-8-13-7-4-10-18-13)14(19)11-12-5-2-1-3-6-12/h1-3,5-6,13-14,19H,4,7-11H2,(H,16,17). The van der Waals surface area contributed by atoms with E-state index in [4.69, 9.17) is 4.74 Å². The molecule has 0 saturated carbocycles. The van der Waals surface area contributed by atoms with Gasteiger partial charge in [0.15, 0.2) is 0 Å². The van der Waals surface area contributed by atoms with Crippen molar-refractivity contribution < 1.29 is 9.53 Å². The maximum absolute atomic E-state index is 11.9. The van der Waals surface area contributed by atoms with E-state index in [9.17, 15) is 4.79 Å². The van der Waals surface area contributed by atoms with Gasteiger partial charge in [-0.15, -0.1) is 0 Å². The summed E-state index contributed by atoms with van der Waals surface area (Å²) in [6, 6.07) is 9.96. The van der Waals surface area contributed by atoms with Gasteiger partial charge in [0.25, 0.3) is 0 Å². The molecule has 0 spiro atoms. The Bertz CT molecular complexity index is 390. The topological polar surface area (TPSA) is 38.3 Å². The summed E-state index contributed by atoms with van der Waals surface area (Å²) in [7, 11) is 0. The molecule has 104 valence electrons. The summed E-state index contributed by atoms with van der Waals surface area (Å²) >= 11 is 4.38. The lowest BCUT2D eigenvalue weighted by atomic mass is 10.1. The van der Waals surface area contributed by atoms with E-state index in [1.807, 2.05) is 30.3 Å². The predicted molar refractivity (Wildman–Crippen MR) is 79.5 cm³/mol. The Balaban J connectivity index is 1.67. The number of nitrogens with one attached hydrogen (secondary N) is 1. The highest BCUT2D eigenvalue weighted by atomic mass is 32.1. The summed E-state index contributed by atoms with van der Waals surface area (Å²) in [5.41, 5.74) is 1.14. The van der Waals surface area contributed by atoms with Gasteiger partial charge in [-0.1, -0.05) is 30.3 Å². The number of carbonyl (C=O) groups is 1. The molecule has 0 radical (unpaired) electrons. The molecule has 4 heteroatoms. The van der Waals surface area contributed by atoms with Crippen LogP contribution in [0.25, 0.3) is 0 Å². The first-order valence-electron chi connectivity index (χ1n) is 6.87. The fourth-order valence-electron chi connectivity index (χ4n) is 2.28. The van der Waals surface area contributed by atoms with Crippen LogP contribution in [0.1, 0.15) is 24.8 Å². The maximum Gasteiger partial charge on any atom is 0.233 e. The van der Waals surface area contributed by atoms with Crippen molar-refractivity contribution >= 4 is 18.5 Å². The van der Waals surface area contributed by atoms with E-state index in [2.05, 4.69) is 17.9 Å². The summed E-state index contributed by atoms with van der Waals surface area (Å²) in [6.07, 6.45) is 4.15. The van der Waals surface area contributed by atoms with Crippen LogP contribution in [0.15, 0.2) is 30.3 Å². The molecule has 1 aromatic carbocycles. The number of rotatable bonds is 6. The minimum atomic E-state index is -0.285. The third kappa shape index (κ3) is 4.88. The van der Waals surface area contributed by atoms with Gasteiger partial charge in [-0.3, -0.25) is 4.79 Å². The van der Waals surface area contributed by atoms with Crippen LogP contribution >= 0.6 is 12.6 Å². The number of thiol groups is 1. The van der Waals surface area contributed by atoms with Crippen molar-refractivity contribution in [2.24, 2.45) is 0 Å². The number of amides is 1. The van der Waals surface area contributed by atoms with Gasteiger partial charge in [-0.05, 0) is 31.2 Å². The number of hydrogen-bond donors (Lipinski definition) is 2. The van der Waals surface area contributed by atoms with Gasteiger partial charge in [-0.25, -0.2) is 0 Å². The lowest BCUT2D eigenvalue weighted by Gasteiger charge is -2.13. The first-order valence-corrected chi connectivity index (χ1v) is 7.38. The molecule has 3 nitrogen and oxygen atoms in total. The zero-order valence-corrected chi connectivity index (χ0v) is 11.9. The Morgan fingerprint density at radius 3 is 2.89 bits per heavy atom. The summed E-state index contributed by atoms with van der Waals surface area (Å²) in [6.45, 7) is 1.54. The van der Waals surface area contributed by atoms with Crippen LogP contribution in [0.5, 0.6) is 0 Å². The second-order valence-electron chi connectivity index (χ2n) is 4.92. The second kappa shape index (κ2) is 7.56. The molecule has 1 amide bonds. The first kappa shape index (κ1) is 14.4. The summed E-state index contributed by atoms with van der Waals surface area (Å²) < 4.78 is 5.52. The predicted octanol–water partition coefficient (Wildman–Crippen LogP) is 2.21. The summed E-state index contributed by atoms with van der Waals surface area (Å²) in [4.78, 5) is 11.9. The second-order valence-corrected chi connectivity index (χ2v) is 5.54. The van der Waals surface area contributed by atoms with Crippen LogP contribution in [0, 0.1) is 0 Å². The highest BCUT2D eigenvalue weighted by Gasteiger charge is 2.17. The van der Waals surface area contributed by atoms with Crippen LogP contribution in [0.3, 0.4) is 0 Å². The molecule has 0 aliphatic carbocycles. The smallest absolute Gasteiger partial charge is 0.233 e. The molecule has 1 heterocycles. The van der Waals surface area contributed by atoms with Gasteiger partial charge in [0.2, 0.25) is 5.91 Å². The molecule has 19 heavy (non-hydrogen) atoms. The molecule has 0 bridgehead atoms. The molecule has 2 atom stereocenters. The highest BCUT2D eigenvalue weighted by Crippen LogP contribution is 2.14. The normalized spacial score (nSPS) is 20.2. The lowest BCUT2D eigenvalue weighted by Crippen LogP contribution is -2.34. The Morgan fingerprint density at radius 1 is 1.42 bits per heavy atom. The van der Waals surface area contributed by atoms with Gasteiger partial charge in [0.1, 0.15) is 0 Å². The average molecular weight is 279 g/mol. The molecular formula is C15H21NO2S. The monoisotopic (exact) mass is 279 g/mol. The fraction of sp³-hybridized carbons (Fsp3) is 0.533. The highest BCUT2D eigenvalue weighted by molar-refractivity contribution is 7.81. The third-order valence-corrected chi connectivity index (χ3v) is 3.78. The third-order valence-electron chi connectivity index (χ3n) is 3.36. The van der Waals surface area contributed by atoms with E-state index in [1.54, 1.807) is 0 Å². The van der Waals surface area contributed by atoms with Crippen LogP contribution < -0.4 is 5.32 Å². The van der Waals surface area contributed by atoms with E-state index in [-0.39, 0.29) is 11.2 Å². The van der Waals surface area contributed by atoms with Gasteiger partial charge in [0, 0.05) is 13.2 Å². The van der Waals surface area contributed by atoms with E-state index >= 15 is 0 Å². The van der Waals surface area contributed by atoms with E-state index in [0.29, 0.717) is 19.1 Å². The average Bonchev–Trinajstić information content (AvgIpc) is 2.93. The van der Waals surface area contributed by atoms with Crippen LogP contribution in [0.2, 0.25) is 0 Å². The lowest BCUT2D eigenvalue weighted by molar-refractivity contribution is -0.120. The molecule has 2 rings (SSSR count). The quantitative estimate of drug-likeness (QED) is 0.784. The molecule has 1 fully saturated rings. The Morgan fingerprint density at radius 2 is 2.21 bits per heavy atom. The van der Waals surface area contributed by atoms with E-state index in [1.165, 1.54) is 0 Å². The van der Waals surface area contributed by atoms with Crippen molar-refractivity contribution in [2.75, 3.05) is 13.2 Å². The summed E-state index contributed by atoms with van der Waals surface area (Å²) in [5.74, 6) is 0.00480. The number of ether oxygens (including phenoxy) is 1. The number of hydrogen-bond acceptors (Lipinski definition) is 3. The van der Waals surface area contributed by atoms with Crippen molar-refractivity contribution in [1.29, 1.82) is 0 Å². The molecule has 0 aromatic heterocycles. The van der Waals surface area contributed by atoms with Crippen molar-refractivity contribution in [3.63, 3.8) is 0 Å². The van der Waals surface area contributed by atoms with Gasteiger partial charge in [-0.2, -0.15) is 12.6 Å². The maximum atomic E-state index is 11.9. The minimum Gasteiger partial charge on any atom is -0.378 e. The van der Waals surface area contributed by atoms with Crippen molar-refractivity contribution in [3.8, 4) is 0 Å². The van der Waals surface area contributed by atoms with Gasteiger partial charge in [0.05, 0.1) is 11.4 Å². The molecular weight excluding hydrogens is 258 g/mol. The molecule has 2 unspecified atom stereocenters. The van der Waals surface area contributed by atoms with E-state index in [0.717, 1.165) is 31.4 Å². The van der Waals surface area contributed by atoms with Gasteiger partial charge < -0.3 is 10.1 Å². The number of benzene rings is 1. The van der Waals surface area contributed by atoms with Crippen LogP contribution in [0.4, 0.5) is 0 Å². The van der Waals surface area contributed by atoms with Crippen LogP contribution in [-0.2, 0) is 16.0 Å². The molecule has 1 saturated heterocycles. The fourth-order valence-corrected chi connectivity index (χ4v) is 2.58. The van der Waals surface area contributed by atoms with Crippen molar-refractivity contribution in [3.05, 3.63) is 35.9 Å².